The van der Waals surface area contributed by atoms with Crippen LogP contribution in [0.3, 0.4) is 0 Å². The molecular formula is C45H26N5O2-. The molecule has 0 fully saturated rings. The van der Waals surface area contributed by atoms with Gasteiger partial charge in [0.1, 0.15) is 11.5 Å². The van der Waals surface area contributed by atoms with Crippen LogP contribution in [0.1, 0.15) is 28.1 Å². The number of rotatable bonds is 4. The van der Waals surface area contributed by atoms with Gasteiger partial charge in [0.15, 0.2) is 5.84 Å². The molecule has 0 spiro atoms. The minimum absolute atomic E-state index is 0.0000853. The molecule has 2 aromatic heterocycles. The summed E-state index contributed by atoms with van der Waals surface area (Å²) >= 11 is 0. The van der Waals surface area contributed by atoms with Crippen molar-refractivity contribution in [2.24, 2.45) is 9.98 Å². The van der Waals surface area contributed by atoms with Crippen molar-refractivity contribution in [1.29, 1.82) is 0 Å². The first-order chi connectivity index (χ1) is 25.6. The lowest BCUT2D eigenvalue weighted by molar-refractivity contribution is -0.293. The number of allylic oxidation sites excluding steroid dienone is 2. The summed E-state index contributed by atoms with van der Waals surface area (Å²) in [4.78, 5) is 19.7. The van der Waals surface area contributed by atoms with E-state index < -0.39 is 0 Å². The monoisotopic (exact) mass is 668 g/mol. The highest BCUT2D eigenvalue weighted by Gasteiger charge is 2.30. The summed E-state index contributed by atoms with van der Waals surface area (Å²) in [6, 6.07) is 43.9. The van der Waals surface area contributed by atoms with Crippen LogP contribution in [0.15, 0.2) is 155 Å². The van der Waals surface area contributed by atoms with Crippen molar-refractivity contribution in [3.63, 3.8) is 0 Å². The molecule has 7 nitrogen and oxygen atoms in total. The van der Waals surface area contributed by atoms with Gasteiger partial charge in [-0.3, -0.25) is 4.99 Å². The van der Waals surface area contributed by atoms with Crippen LogP contribution in [0.2, 0.25) is 0 Å². The molecule has 3 aliphatic rings. The molecule has 2 N–H and O–H groups in total. The van der Waals surface area contributed by atoms with Gasteiger partial charge in [-0.05, 0) is 69.9 Å². The summed E-state index contributed by atoms with van der Waals surface area (Å²) in [5.74, 6) is 0.469. The molecule has 244 valence electrons. The number of anilines is 1. The fourth-order valence-electron chi connectivity index (χ4n) is 7.96. The predicted molar refractivity (Wildman–Crippen MR) is 208 cm³/mol. The van der Waals surface area contributed by atoms with Crippen LogP contribution in [0, 0.1) is 0 Å². The molecule has 11 rings (SSSR count). The number of fused-ring (bicyclic) bond motifs is 2. The summed E-state index contributed by atoms with van der Waals surface area (Å²) in [5, 5.41) is 35.0. The fraction of sp³-hybridized carbons (Fsp3) is 0.0222. The van der Waals surface area contributed by atoms with Gasteiger partial charge in [-0.1, -0.05) is 96.8 Å². The molecule has 0 saturated carbocycles. The fourth-order valence-corrected chi connectivity index (χ4v) is 7.96. The van der Waals surface area contributed by atoms with Crippen LogP contribution in [0.4, 0.5) is 17.1 Å². The summed E-state index contributed by atoms with van der Waals surface area (Å²) in [6.07, 6.45) is 0.616. The molecule has 8 aromatic rings. The SMILES string of the molecule is [O-]C1=C(c2ccc3c4c(cccc24)N=C(c2ccc4ccccc4n2)C3)C(O)=C1c1ccc2c3c(cccc13)N=C(c1ccc3ccccc3n1)N2. The van der Waals surface area contributed by atoms with Crippen LogP contribution >= 0.6 is 0 Å². The summed E-state index contributed by atoms with van der Waals surface area (Å²) in [5.41, 5.74) is 9.93. The van der Waals surface area contributed by atoms with E-state index >= 15 is 0 Å². The van der Waals surface area contributed by atoms with Gasteiger partial charge in [0.2, 0.25) is 0 Å². The average molecular weight is 669 g/mol. The summed E-state index contributed by atoms with van der Waals surface area (Å²) in [6.45, 7) is 0. The molecule has 0 radical (unpaired) electrons. The number of pyridine rings is 2. The normalized spacial score (nSPS) is 14.8. The van der Waals surface area contributed by atoms with Crippen LogP contribution in [-0.4, -0.2) is 26.6 Å². The summed E-state index contributed by atoms with van der Waals surface area (Å²) in [7, 11) is 0. The zero-order chi connectivity index (χ0) is 34.5. The maximum atomic E-state index is 14.1. The van der Waals surface area contributed by atoms with E-state index in [0.29, 0.717) is 34.5 Å². The minimum Gasteiger partial charge on any atom is -0.871 e. The van der Waals surface area contributed by atoms with E-state index in [1.807, 2.05) is 115 Å². The minimum atomic E-state index is -0.187. The van der Waals surface area contributed by atoms with Crippen molar-refractivity contribution >= 4 is 83.1 Å². The van der Waals surface area contributed by atoms with Crippen molar-refractivity contribution in [2.45, 2.75) is 6.42 Å². The van der Waals surface area contributed by atoms with E-state index in [1.54, 1.807) is 0 Å². The van der Waals surface area contributed by atoms with Crippen molar-refractivity contribution < 1.29 is 10.2 Å². The molecule has 0 amide bonds. The van der Waals surface area contributed by atoms with Gasteiger partial charge >= 0.3 is 0 Å². The Hall–Kier alpha value is -7.12. The number of para-hydroxylation sites is 2. The van der Waals surface area contributed by atoms with Gasteiger partial charge in [0, 0.05) is 44.8 Å². The Kier molecular flexibility index (Phi) is 5.90. The molecule has 6 aromatic carbocycles. The lowest BCUT2D eigenvalue weighted by Gasteiger charge is -2.34. The number of hydrogen-bond donors (Lipinski definition) is 2. The highest BCUT2D eigenvalue weighted by atomic mass is 16.3. The van der Waals surface area contributed by atoms with Gasteiger partial charge in [-0.15, -0.1) is 0 Å². The standard InChI is InChI=1S/C45H27N5O2/c51-43-41(29-18-15-26-23-38(48-34-13-5-9-27(29)39(26)34)33-20-16-24-7-1-3-11-31(24)46-33)44(52)42(43)30-19-22-36-40-28(30)10-6-14-35(40)49-45(50-36)37-21-17-25-8-2-4-12-32(25)47-37/h1-22,51-52H,23H2,(H,49,50)/p-1. The third-order valence-electron chi connectivity index (χ3n) is 10.4. The number of amidine groups is 1. The lowest BCUT2D eigenvalue weighted by atomic mass is 9.80. The zero-order valence-corrected chi connectivity index (χ0v) is 27.6. The van der Waals surface area contributed by atoms with Crippen LogP contribution < -0.4 is 10.4 Å². The van der Waals surface area contributed by atoms with Gasteiger partial charge in [0.25, 0.3) is 0 Å². The molecule has 0 atom stereocenters. The second kappa shape index (κ2) is 10.7. The number of aliphatic hydroxyl groups is 1. The van der Waals surface area contributed by atoms with Gasteiger partial charge in [-0.2, -0.15) is 0 Å². The maximum absolute atomic E-state index is 14.1. The molecular weight excluding hydrogens is 643 g/mol. The van der Waals surface area contributed by atoms with E-state index in [-0.39, 0.29) is 11.5 Å². The van der Waals surface area contributed by atoms with Crippen LogP contribution in [0.5, 0.6) is 0 Å². The van der Waals surface area contributed by atoms with E-state index in [0.717, 1.165) is 83.1 Å². The Balaban J connectivity index is 0.969. The highest BCUT2D eigenvalue weighted by molar-refractivity contribution is 6.22. The average Bonchev–Trinajstić information content (AvgIpc) is 3.19. The number of nitrogens with zero attached hydrogens (tertiary/aromatic N) is 4. The van der Waals surface area contributed by atoms with Crippen molar-refractivity contribution in [3.05, 3.63) is 173 Å². The number of benzene rings is 6. The summed E-state index contributed by atoms with van der Waals surface area (Å²) < 4.78 is 0. The first-order valence-corrected chi connectivity index (χ1v) is 17.2. The second-order valence-electron chi connectivity index (χ2n) is 13.4. The first kappa shape index (κ1) is 28.7. The Labute approximate surface area is 297 Å². The molecule has 0 bridgehead atoms. The topological polar surface area (TPSA) is 106 Å². The Morgan fingerprint density at radius 1 is 0.558 bits per heavy atom. The third kappa shape index (κ3) is 4.13. The highest BCUT2D eigenvalue weighted by Crippen LogP contribution is 2.50. The zero-order valence-electron chi connectivity index (χ0n) is 27.6. The third-order valence-corrected chi connectivity index (χ3v) is 10.4. The molecule has 0 unspecified atom stereocenters. The van der Waals surface area contributed by atoms with Crippen LogP contribution in [-0.2, 0) is 6.42 Å². The van der Waals surface area contributed by atoms with E-state index in [2.05, 4.69) is 23.5 Å². The second-order valence-corrected chi connectivity index (χ2v) is 13.4. The van der Waals surface area contributed by atoms with E-state index in [4.69, 9.17) is 20.0 Å². The Morgan fingerprint density at radius 3 is 1.94 bits per heavy atom. The molecule has 52 heavy (non-hydrogen) atoms. The van der Waals surface area contributed by atoms with Crippen molar-refractivity contribution in [3.8, 4) is 0 Å². The molecule has 2 aliphatic heterocycles. The molecule has 0 saturated heterocycles. The van der Waals surface area contributed by atoms with Gasteiger partial charge in [0.05, 0.1) is 33.8 Å². The quantitative estimate of drug-likeness (QED) is 0.194. The lowest BCUT2D eigenvalue weighted by Crippen LogP contribution is -2.21. The molecule has 7 heteroatoms. The number of aromatic nitrogens is 2. The molecule has 4 heterocycles. The van der Waals surface area contributed by atoms with Gasteiger partial charge < -0.3 is 15.5 Å². The number of hydrogen-bond acceptors (Lipinski definition) is 7. The maximum Gasteiger partial charge on any atom is 0.157 e. The predicted octanol–water partition coefficient (Wildman–Crippen LogP) is 9.32. The van der Waals surface area contributed by atoms with E-state index in [1.165, 1.54) is 0 Å². The van der Waals surface area contributed by atoms with Crippen molar-refractivity contribution in [2.75, 3.05) is 5.32 Å². The Morgan fingerprint density at radius 2 is 1.19 bits per heavy atom. The van der Waals surface area contributed by atoms with Crippen LogP contribution in [0.25, 0.3) is 54.5 Å². The number of aliphatic hydroxyl groups excluding tert-OH is 1. The van der Waals surface area contributed by atoms with E-state index in [9.17, 15) is 10.2 Å². The smallest absolute Gasteiger partial charge is 0.157 e. The van der Waals surface area contributed by atoms with Crippen molar-refractivity contribution in [1.82, 2.24) is 9.97 Å². The Bertz CT molecular complexity index is 2830. The van der Waals surface area contributed by atoms with Gasteiger partial charge in [-0.25, -0.2) is 15.0 Å². The largest absolute Gasteiger partial charge is 0.871 e. The molecule has 1 aliphatic carbocycles. The number of aliphatic imine (C=N–C) groups is 2. The number of nitrogens with one attached hydrogen (secondary N) is 1. The first-order valence-electron chi connectivity index (χ1n) is 17.2.